The van der Waals surface area contributed by atoms with Crippen molar-refractivity contribution in [2.75, 3.05) is 14.1 Å². The Morgan fingerprint density at radius 3 is 2.77 bits per heavy atom. The zero-order chi connectivity index (χ0) is 16.0. The van der Waals surface area contributed by atoms with E-state index in [-0.39, 0.29) is 18.1 Å². The highest BCUT2D eigenvalue weighted by Crippen LogP contribution is 2.31. The first-order valence-electron chi connectivity index (χ1n) is 7.00. The maximum absolute atomic E-state index is 12.4. The molecule has 3 rings (SSSR count). The fourth-order valence-electron chi connectivity index (χ4n) is 2.49. The van der Waals surface area contributed by atoms with E-state index in [1.807, 2.05) is 6.92 Å². The molecule has 3 aromatic rings. The predicted octanol–water partition coefficient (Wildman–Crippen LogP) is 1.06. The number of fused-ring (bicyclic) bond motifs is 3. The van der Waals surface area contributed by atoms with Crippen LogP contribution in [0.25, 0.3) is 15.9 Å². The molecule has 0 saturated carbocycles. The number of hydrogen-bond acceptors (Lipinski definition) is 5. The first kappa shape index (κ1) is 14.7. The Bertz CT molecular complexity index is 934. The van der Waals surface area contributed by atoms with E-state index in [1.54, 1.807) is 25.4 Å². The van der Waals surface area contributed by atoms with Crippen LogP contribution in [-0.4, -0.2) is 44.1 Å². The monoisotopic (exact) mass is 319 g/mol. The van der Waals surface area contributed by atoms with Crippen molar-refractivity contribution < 1.29 is 4.79 Å². The zero-order valence-electron chi connectivity index (χ0n) is 13.0. The molecule has 3 aromatic heterocycles. The zero-order valence-corrected chi connectivity index (χ0v) is 13.8. The number of hydrogen-bond donors (Lipinski definition) is 0. The number of amides is 1. The largest absolute Gasteiger partial charge is 0.352 e. The van der Waals surface area contributed by atoms with Gasteiger partial charge in [-0.2, -0.15) is 0 Å². The lowest BCUT2D eigenvalue weighted by atomic mass is 10.1. The Morgan fingerprint density at radius 2 is 2.14 bits per heavy atom. The number of carbonyl (C=O) groups excluding carboxylic acids is 1. The van der Waals surface area contributed by atoms with Crippen LogP contribution in [0.5, 0.6) is 0 Å². The molecule has 0 saturated heterocycles. The summed E-state index contributed by atoms with van der Waals surface area (Å²) in [5.41, 5.74) is 1.39. The molecule has 0 fully saturated rings. The van der Waals surface area contributed by atoms with Gasteiger partial charge in [0.2, 0.25) is 5.91 Å². The summed E-state index contributed by atoms with van der Waals surface area (Å²) < 4.78 is 2.61. The molecule has 0 radical (unpaired) electrons. The SMILES string of the molecule is CCc1c(C)sc2ncn3c(=O)n(CC(=O)N(C)C)nc3c12. The summed E-state index contributed by atoms with van der Waals surface area (Å²) in [6, 6.07) is 0. The topological polar surface area (TPSA) is 72.5 Å². The third kappa shape index (κ3) is 2.10. The highest BCUT2D eigenvalue weighted by atomic mass is 32.1. The molecule has 7 nitrogen and oxygen atoms in total. The van der Waals surface area contributed by atoms with Crippen LogP contribution >= 0.6 is 11.3 Å². The van der Waals surface area contributed by atoms with Crippen LogP contribution in [0, 0.1) is 6.92 Å². The maximum Gasteiger partial charge on any atom is 0.352 e. The van der Waals surface area contributed by atoms with E-state index < -0.39 is 0 Å². The summed E-state index contributed by atoms with van der Waals surface area (Å²) >= 11 is 1.60. The number of rotatable bonds is 3. The average Bonchev–Trinajstić information content (AvgIpc) is 2.96. The minimum atomic E-state index is -0.342. The molecule has 0 unspecified atom stereocenters. The molecule has 0 N–H and O–H groups in total. The quantitative estimate of drug-likeness (QED) is 0.724. The van der Waals surface area contributed by atoms with Crippen molar-refractivity contribution in [2.45, 2.75) is 26.8 Å². The second kappa shape index (κ2) is 5.20. The number of carbonyl (C=O) groups is 1. The van der Waals surface area contributed by atoms with E-state index in [0.717, 1.165) is 22.2 Å². The summed E-state index contributed by atoms with van der Waals surface area (Å²) in [5.74, 6) is -0.174. The van der Waals surface area contributed by atoms with Crippen molar-refractivity contribution >= 4 is 33.1 Å². The van der Waals surface area contributed by atoms with Gasteiger partial charge in [-0.1, -0.05) is 6.92 Å². The van der Waals surface area contributed by atoms with E-state index >= 15 is 0 Å². The Labute approximate surface area is 130 Å². The second-order valence-corrected chi connectivity index (χ2v) is 6.54. The van der Waals surface area contributed by atoms with Gasteiger partial charge in [-0.15, -0.1) is 16.4 Å². The van der Waals surface area contributed by atoms with E-state index in [9.17, 15) is 9.59 Å². The normalized spacial score (nSPS) is 11.5. The van der Waals surface area contributed by atoms with Gasteiger partial charge in [-0.25, -0.2) is 18.9 Å². The molecular weight excluding hydrogens is 302 g/mol. The Kier molecular flexibility index (Phi) is 3.48. The molecule has 0 aromatic carbocycles. The highest BCUT2D eigenvalue weighted by molar-refractivity contribution is 7.18. The van der Waals surface area contributed by atoms with Crippen molar-refractivity contribution in [3.63, 3.8) is 0 Å². The number of thiophene rings is 1. The van der Waals surface area contributed by atoms with Gasteiger partial charge in [-0.05, 0) is 18.9 Å². The number of nitrogens with zero attached hydrogens (tertiary/aromatic N) is 5. The van der Waals surface area contributed by atoms with Gasteiger partial charge in [0, 0.05) is 19.0 Å². The molecule has 22 heavy (non-hydrogen) atoms. The molecule has 0 aliphatic carbocycles. The smallest absolute Gasteiger partial charge is 0.347 e. The second-order valence-electron chi connectivity index (χ2n) is 5.34. The van der Waals surface area contributed by atoms with Crippen LogP contribution < -0.4 is 5.69 Å². The fraction of sp³-hybridized carbons (Fsp3) is 0.429. The molecule has 8 heteroatoms. The standard InChI is InChI=1S/C14H17N5O2S/c1-5-9-8(2)22-13-11(9)12-16-19(6-10(20)17(3)4)14(21)18(12)7-15-13/h7H,5-6H2,1-4H3. The van der Waals surface area contributed by atoms with E-state index in [4.69, 9.17) is 0 Å². The van der Waals surface area contributed by atoms with Crippen LogP contribution in [-0.2, 0) is 17.8 Å². The lowest BCUT2D eigenvalue weighted by Crippen LogP contribution is -2.31. The summed E-state index contributed by atoms with van der Waals surface area (Å²) in [6.45, 7) is 4.05. The van der Waals surface area contributed by atoms with Crippen molar-refractivity contribution in [2.24, 2.45) is 0 Å². The van der Waals surface area contributed by atoms with Crippen LogP contribution in [0.3, 0.4) is 0 Å². The summed E-state index contributed by atoms with van der Waals surface area (Å²) in [5, 5.41) is 5.29. The fourth-order valence-corrected chi connectivity index (χ4v) is 3.56. The van der Waals surface area contributed by atoms with Gasteiger partial charge in [0.15, 0.2) is 5.65 Å². The molecule has 0 bridgehead atoms. The van der Waals surface area contributed by atoms with E-state index in [0.29, 0.717) is 5.65 Å². The first-order chi connectivity index (χ1) is 10.4. The van der Waals surface area contributed by atoms with Gasteiger partial charge in [0.1, 0.15) is 17.7 Å². The van der Waals surface area contributed by atoms with Gasteiger partial charge in [0.25, 0.3) is 0 Å². The summed E-state index contributed by atoms with van der Waals surface area (Å²) in [4.78, 5) is 32.1. The molecule has 0 atom stereocenters. The predicted molar refractivity (Wildman–Crippen MR) is 85.4 cm³/mol. The minimum Gasteiger partial charge on any atom is -0.347 e. The maximum atomic E-state index is 12.4. The van der Waals surface area contributed by atoms with Crippen LogP contribution in [0.4, 0.5) is 0 Å². The van der Waals surface area contributed by atoms with Gasteiger partial charge >= 0.3 is 5.69 Å². The molecule has 3 heterocycles. The highest BCUT2D eigenvalue weighted by Gasteiger charge is 2.18. The van der Waals surface area contributed by atoms with Gasteiger partial charge < -0.3 is 4.90 Å². The van der Waals surface area contributed by atoms with E-state index in [1.165, 1.54) is 25.2 Å². The minimum absolute atomic E-state index is 0.0699. The van der Waals surface area contributed by atoms with Crippen molar-refractivity contribution in [1.29, 1.82) is 0 Å². The van der Waals surface area contributed by atoms with Crippen LogP contribution in [0.15, 0.2) is 11.1 Å². The number of likely N-dealkylation sites (N-methyl/N-ethyl adjacent to an activating group) is 1. The molecule has 116 valence electrons. The van der Waals surface area contributed by atoms with Crippen molar-refractivity contribution in [1.82, 2.24) is 24.1 Å². The molecule has 0 aliphatic rings. The lowest BCUT2D eigenvalue weighted by Gasteiger charge is -2.08. The van der Waals surface area contributed by atoms with Crippen molar-refractivity contribution in [3.05, 3.63) is 27.3 Å². The molecule has 0 aliphatic heterocycles. The Hall–Kier alpha value is -2.22. The van der Waals surface area contributed by atoms with E-state index in [2.05, 4.69) is 17.0 Å². The number of aromatic nitrogens is 4. The van der Waals surface area contributed by atoms with Crippen LogP contribution in [0.2, 0.25) is 0 Å². The van der Waals surface area contributed by atoms with Gasteiger partial charge in [0.05, 0.1) is 5.39 Å². The Morgan fingerprint density at radius 1 is 1.41 bits per heavy atom. The molecule has 1 amide bonds. The van der Waals surface area contributed by atoms with Crippen LogP contribution in [0.1, 0.15) is 17.4 Å². The van der Waals surface area contributed by atoms with Crippen molar-refractivity contribution in [3.8, 4) is 0 Å². The third-order valence-electron chi connectivity index (χ3n) is 3.71. The first-order valence-corrected chi connectivity index (χ1v) is 7.82. The summed E-state index contributed by atoms with van der Waals surface area (Å²) in [7, 11) is 3.31. The van der Waals surface area contributed by atoms with Gasteiger partial charge in [-0.3, -0.25) is 4.79 Å². The summed E-state index contributed by atoms with van der Waals surface area (Å²) in [6.07, 6.45) is 2.34. The third-order valence-corrected chi connectivity index (χ3v) is 4.77. The molecular formula is C14H17N5O2S. The Balaban J connectivity index is 2.27. The molecule has 0 spiro atoms. The average molecular weight is 319 g/mol. The lowest BCUT2D eigenvalue weighted by molar-refractivity contribution is -0.129. The number of aryl methyl sites for hydroxylation is 2.